The Kier molecular flexibility index (Phi) is 12.8. The monoisotopic (exact) mass is 873 g/mol. The zero-order valence-electron chi connectivity index (χ0n) is 31.5. The van der Waals surface area contributed by atoms with Crippen molar-refractivity contribution in [2.24, 2.45) is 48.6 Å². The third-order valence-corrected chi connectivity index (χ3v) is 16.3. The Balaban J connectivity index is 1.55. The molecule has 7 rings (SSSR count). The van der Waals surface area contributed by atoms with Gasteiger partial charge in [0, 0.05) is 34.1 Å². The summed E-state index contributed by atoms with van der Waals surface area (Å²) in [7, 11) is -12.6. The first kappa shape index (κ1) is 41.5. The van der Waals surface area contributed by atoms with Gasteiger partial charge in [0.25, 0.3) is 0 Å². The van der Waals surface area contributed by atoms with E-state index in [2.05, 4.69) is 32.6 Å². The molecule has 0 spiro atoms. The molecule has 0 bridgehead atoms. The van der Waals surface area contributed by atoms with Crippen LogP contribution in [-0.4, -0.2) is 0 Å². The second-order valence-electron chi connectivity index (χ2n) is 12.3. The number of rotatable bonds is 18. The second kappa shape index (κ2) is 18.5. The van der Waals surface area contributed by atoms with Crippen LogP contribution >= 0.6 is 23.0 Å². The van der Waals surface area contributed by atoms with Crippen LogP contribution in [0.3, 0.4) is 0 Å². The second-order valence-corrected chi connectivity index (χ2v) is 18.5. The summed E-state index contributed by atoms with van der Waals surface area (Å²) in [6, 6.07) is 40.4. The van der Waals surface area contributed by atoms with Gasteiger partial charge in [-0.3, -0.25) is 35.1 Å². The summed E-state index contributed by atoms with van der Waals surface area (Å²) < 4.78 is 56.5. The lowest BCUT2D eigenvalue weighted by molar-refractivity contribution is 0.443. The SMILES string of the molecule is NNc1ccc(OP2(Oc3ccc(NN)cc3)=NP(Oc3ccc(NN)cc3)(Oc3ccc(NN)cc3)=NP(Oc3ccc(NN)cc3)(Oc3ccc(NN)cc3)=N2)cc1. The van der Waals surface area contributed by atoms with Gasteiger partial charge in [-0.1, -0.05) is 13.5 Å². The Labute approximate surface area is 344 Å². The zero-order valence-corrected chi connectivity index (χ0v) is 34.1. The average Bonchev–Trinajstić information content (AvgIpc) is 3.27. The Hall–Kier alpha value is -6.63. The van der Waals surface area contributed by atoms with E-state index in [0.717, 1.165) is 0 Å². The number of nitrogens with one attached hydrogen (secondary N) is 6. The molecular weight excluding hydrogens is 831 g/mol. The molecule has 6 aromatic carbocycles. The fourth-order valence-electron chi connectivity index (χ4n) is 5.25. The van der Waals surface area contributed by atoms with Crippen LogP contribution < -0.4 is 94.8 Å². The maximum atomic E-state index is 6.83. The van der Waals surface area contributed by atoms with E-state index in [0.29, 0.717) is 34.1 Å². The molecular formula is C36H42N15O6P3. The number of hydrogen-bond donors (Lipinski definition) is 12. The molecule has 60 heavy (non-hydrogen) atoms. The Morgan fingerprint density at radius 3 is 0.500 bits per heavy atom. The predicted octanol–water partition coefficient (Wildman–Crippen LogP) is 8.03. The molecule has 1 aliphatic rings. The molecule has 1 aliphatic heterocycles. The minimum atomic E-state index is -4.21. The van der Waals surface area contributed by atoms with E-state index in [1.54, 1.807) is 146 Å². The first-order valence-corrected chi connectivity index (χ1v) is 22.3. The molecule has 18 N–H and O–H groups in total. The van der Waals surface area contributed by atoms with E-state index >= 15 is 0 Å². The molecule has 6 aromatic rings. The van der Waals surface area contributed by atoms with Crippen molar-refractivity contribution in [1.82, 2.24) is 0 Å². The van der Waals surface area contributed by atoms with E-state index in [1.165, 1.54) is 0 Å². The van der Waals surface area contributed by atoms with E-state index in [4.69, 9.17) is 75.7 Å². The van der Waals surface area contributed by atoms with Gasteiger partial charge in [-0.25, -0.2) is 0 Å². The van der Waals surface area contributed by atoms with Crippen molar-refractivity contribution in [2.45, 2.75) is 0 Å². The Morgan fingerprint density at radius 2 is 0.383 bits per heavy atom. The summed E-state index contributed by atoms with van der Waals surface area (Å²) in [5.41, 5.74) is 19.3. The lowest BCUT2D eigenvalue weighted by Gasteiger charge is -2.33. The van der Waals surface area contributed by atoms with Crippen molar-refractivity contribution < 1.29 is 27.1 Å². The highest BCUT2D eigenvalue weighted by Crippen LogP contribution is 2.78. The van der Waals surface area contributed by atoms with Gasteiger partial charge in [0.2, 0.25) is 0 Å². The van der Waals surface area contributed by atoms with Crippen molar-refractivity contribution in [2.75, 3.05) is 32.6 Å². The molecule has 24 heteroatoms. The van der Waals surface area contributed by atoms with Crippen LogP contribution in [0.4, 0.5) is 34.1 Å². The third kappa shape index (κ3) is 10.1. The molecule has 0 radical (unpaired) electrons. The first-order valence-electron chi connectivity index (χ1n) is 17.7. The van der Waals surface area contributed by atoms with Gasteiger partial charge in [0.05, 0.1) is 0 Å². The van der Waals surface area contributed by atoms with Crippen molar-refractivity contribution in [1.29, 1.82) is 0 Å². The molecule has 0 amide bonds. The third-order valence-electron chi connectivity index (χ3n) is 8.15. The molecule has 0 fully saturated rings. The summed E-state index contributed by atoms with van der Waals surface area (Å²) >= 11 is 0. The van der Waals surface area contributed by atoms with Crippen LogP contribution in [0.1, 0.15) is 0 Å². The number of anilines is 6. The quantitative estimate of drug-likeness (QED) is 0.0221. The van der Waals surface area contributed by atoms with Gasteiger partial charge in [0.1, 0.15) is 34.5 Å². The highest BCUT2D eigenvalue weighted by Gasteiger charge is 2.49. The van der Waals surface area contributed by atoms with Crippen molar-refractivity contribution in [3.05, 3.63) is 146 Å². The molecule has 0 saturated carbocycles. The number of nitrogens with zero attached hydrogens (tertiary/aromatic N) is 3. The van der Waals surface area contributed by atoms with Crippen LogP contribution in [0.5, 0.6) is 34.5 Å². The van der Waals surface area contributed by atoms with Crippen molar-refractivity contribution in [3.63, 3.8) is 0 Å². The molecule has 1 heterocycles. The number of hydrazine groups is 6. The Bertz CT molecular complexity index is 2080. The molecule has 21 nitrogen and oxygen atoms in total. The first-order chi connectivity index (χ1) is 29.2. The number of benzene rings is 6. The standard InChI is InChI=1S/C36H42N15O6P3/c37-43-25-1-13-31(14-2-25)52-58(53-32-15-3-26(44-38)4-16-32)49-59(54-33-17-5-27(45-39)6-18-33,55-34-19-7-28(46-40)8-20-34)51-60(50-58,56-35-21-9-29(47-41)10-22-35)57-36-23-11-30(48-42)12-24-36/h1-24,43-48H,37-42H2. The van der Waals surface area contributed by atoms with Gasteiger partial charge >= 0.3 is 23.0 Å². The minimum Gasteiger partial charge on any atom is -0.413 e. The maximum Gasteiger partial charge on any atom is 0.460 e. The topological polar surface area (TPSA) is 321 Å². The van der Waals surface area contributed by atoms with E-state index in [1.807, 2.05) is 0 Å². The molecule has 312 valence electrons. The molecule has 0 unspecified atom stereocenters. The number of nitrogen functional groups attached to an aromatic ring is 6. The molecule has 0 saturated heterocycles. The number of hydrogen-bond acceptors (Lipinski definition) is 21. The van der Waals surface area contributed by atoms with Gasteiger partial charge in [0.15, 0.2) is 0 Å². The van der Waals surface area contributed by atoms with Crippen LogP contribution in [-0.2, 0) is 0 Å². The summed E-state index contributed by atoms with van der Waals surface area (Å²) in [5.74, 6) is 35.9. The van der Waals surface area contributed by atoms with Crippen LogP contribution in [0.15, 0.2) is 159 Å². The summed E-state index contributed by atoms with van der Waals surface area (Å²) in [4.78, 5) is 0. The fraction of sp³-hybridized carbons (Fsp3) is 0. The number of nitrogens with two attached hydrogens (primary N) is 6. The van der Waals surface area contributed by atoms with Crippen molar-refractivity contribution >= 4 is 57.1 Å². The highest BCUT2D eigenvalue weighted by molar-refractivity contribution is 7.79. The molecule has 0 atom stereocenters. The predicted molar refractivity (Wildman–Crippen MR) is 237 cm³/mol. The van der Waals surface area contributed by atoms with Gasteiger partial charge in [-0.15, -0.1) is 0 Å². The molecule has 0 aromatic heterocycles. The largest absolute Gasteiger partial charge is 0.460 e. The summed E-state index contributed by atoms with van der Waals surface area (Å²) in [5, 5.41) is 0. The van der Waals surface area contributed by atoms with Crippen LogP contribution in [0, 0.1) is 0 Å². The summed E-state index contributed by atoms with van der Waals surface area (Å²) in [6.45, 7) is 0. The lowest BCUT2D eigenvalue weighted by atomic mass is 10.3. The van der Waals surface area contributed by atoms with Gasteiger partial charge in [-0.2, -0.15) is 0 Å². The van der Waals surface area contributed by atoms with E-state index in [9.17, 15) is 0 Å². The van der Waals surface area contributed by atoms with E-state index < -0.39 is 23.0 Å². The van der Waals surface area contributed by atoms with Crippen LogP contribution in [0.25, 0.3) is 0 Å². The van der Waals surface area contributed by atoms with E-state index in [-0.39, 0.29) is 34.5 Å². The van der Waals surface area contributed by atoms with Gasteiger partial charge < -0.3 is 59.7 Å². The Morgan fingerprint density at radius 1 is 0.250 bits per heavy atom. The lowest BCUT2D eigenvalue weighted by Crippen LogP contribution is -2.12. The normalized spacial score (nSPS) is 14.3. The minimum absolute atomic E-state index is 0.279. The van der Waals surface area contributed by atoms with Gasteiger partial charge in [-0.05, 0) is 146 Å². The van der Waals surface area contributed by atoms with Crippen molar-refractivity contribution in [3.8, 4) is 34.5 Å². The smallest absolute Gasteiger partial charge is 0.413 e. The maximum absolute atomic E-state index is 6.83. The highest BCUT2D eigenvalue weighted by atomic mass is 31.3. The molecule has 0 aliphatic carbocycles. The zero-order chi connectivity index (χ0) is 42.0. The fourth-order valence-corrected chi connectivity index (χ4v) is 14.3. The summed E-state index contributed by atoms with van der Waals surface area (Å²) in [6.07, 6.45) is 0. The van der Waals surface area contributed by atoms with Crippen LogP contribution in [0.2, 0.25) is 0 Å². The average molecular weight is 874 g/mol.